The Hall–Kier alpha value is -3.59. The van der Waals surface area contributed by atoms with Crippen LogP contribution in [0.15, 0.2) is 41.7 Å². The van der Waals surface area contributed by atoms with Crippen molar-refractivity contribution in [3.05, 3.63) is 58.1 Å². The Balaban J connectivity index is 1.53. The maximum atomic E-state index is 13.5. The lowest BCUT2D eigenvalue weighted by atomic mass is 9.97. The van der Waals surface area contributed by atoms with E-state index in [0.29, 0.717) is 12.5 Å². The predicted octanol–water partition coefficient (Wildman–Crippen LogP) is 4.87. The van der Waals surface area contributed by atoms with Crippen LogP contribution in [0.5, 0.6) is 0 Å². The Morgan fingerprint density at radius 1 is 1.22 bits per heavy atom. The summed E-state index contributed by atoms with van der Waals surface area (Å²) in [6.07, 6.45) is -1.32. The number of rotatable bonds is 6. The molecule has 0 saturated carbocycles. The van der Waals surface area contributed by atoms with Crippen LogP contribution in [0.3, 0.4) is 0 Å². The number of piperidine rings is 1. The van der Waals surface area contributed by atoms with Crippen LogP contribution in [-0.4, -0.2) is 46.1 Å². The number of alkyl halides is 3. The zero-order chi connectivity index (χ0) is 27.0. The Morgan fingerprint density at radius 2 is 1.92 bits per heavy atom. The second-order valence-electron chi connectivity index (χ2n) is 9.67. The summed E-state index contributed by atoms with van der Waals surface area (Å²) in [5.74, 6) is 0.641. The summed E-state index contributed by atoms with van der Waals surface area (Å²) in [7, 11) is 0. The van der Waals surface area contributed by atoms with Crippen molar-refractivity contribution >= 4 is 34.7 Å². The van der Waals surface area contributed by atoms with Gasteiger partial charge in [-0.25, -0.2) is 4.98 Å². The molecule has 2 aliphatic heterocycles. The third kappa shape index (κ3) is 5.13. The minimum atomic E-state index is -4.76. The number of thiocarbonyl (C=S) groups is 1. The molecule has 0 unspecified atom stereocenters. The minimum absolute atomic E-state index is 0.0430. The first-order valence-electron chi connectivity index (χ1n) is 11.7. The molecule has 1 aromatic heterocycles. The molecule has 2 fully saturated rings. The van der Waals surface area contributed by atoms with Gasteiger partial charge in [-0.05, 0) is 74.7 Å². The van der Waals surface area contributed by atoms with E-state index in [2.05, 4.69) is 15.1 Å². The van der Waals surface area contributed by atoms with Gasteiger partial charge < -0.3 is 9.80 Å². The largest absolute Gasteiger partial charge is 0.417 e. The number of carbonyl (C=O) groups is 1. The first-order valence-corrected chi connectivity index (χ1v) is 12.1. The Bertz CT molecular complexity index is 1250. The zero-order valence-electron chi connectivity index (χ0n) is 20.3. The van der Waals surface area contributed by atoms with Crippen LogP contribution in [0, 0.1) is 22.2 Å². The lowest BCUT2D eigenvalue weighted by Crippen LogP contribution is -2.43. The van der Waals surface area contributed by atoms with Gasteiger partial charge in [0.05, 0.1) is 29.4 Å². The van der Waals surface area contributed by atoms with Crippen LogP contribution in [0.4, 0.5) is 24.7 Å². The Morgan fingerprint density at radius 3 is 2.49 bits per heavy atom. The summed E-state index contributed by atoms with van der Waals surface area (Å²) in [5.41, 5.74) is -2.02. The van der Waals surface area contributed by atoms with Crippen molar-refractivity contribution < 1.29 is 18.0 Å². The summed E-state index contributed by atoms with van der Waals surface area (Å²) in [5, 5.41) is 12.1. The topological polar surface area (TPSA) is 92.9 Å². The molecule has 0 aliphatic carbocycles. The molecule has 1 amide bonds. The van der Waals surface area contributed by atoms with Crippen LogP contribution in [0.1, 0.15) is 43.4 Å². The van der Waals surface area contributed by atoms with Crippen LogP contribution in [-0.2, 0) is 17.5 Å². The molecule has 2 saturated heterocycles. The fourth-order valence-corrected chi connectivity index (χ4v) is 5.14. The van der Waals surface area contributed by atoms with E-state index < -0.39 is 28.7 Å². The van der Waals surface area contributed by atoms with E-state index in [1.165, 1.54) is 6.07 Å². The number of amides is 1. The SMILES string of the molecule is CC1(C)C(=O)N(c2ccc(C#N)c(C(F)(F)F)c2)C(=S)N1Cc1ccc(N2CCC(CN=O)CC2)nc1. The van der Waals surface area contributed by atoms with Crippen molar-refractivity contribution in [3.8, 4) is 6.07 Å². The van der Waals surface area contributed by atoms with Gasteiger partial charge in [0.1, 0.15) is 11.4 Å². The van der Waals surface area contributed by atoms with Crippen molar-refractivity contribution in [3.63, 3.8) is 0 Å². The highest BCUT2D eigenvalue weighted by atomic mass is 32.1. The molecule has 1 aromatic carbocycles. The first kappa shape index (κ1) is 26.5. The fraction of sp³-hybridized carbons (Fsp3) is 0.440. The summed E-state index contributed by atoms with van der Waals surface area (Å²) in [4.78, 5) is 33.2. The molecule has 194 valence electrons. The minimum Gasteiger partial charge on any atom is -0.357 e. The Kier molecular flexibility index (Phi) is 7.19. The molecule has 4 rings (SSSR count). The van der Waals surface area contributed by atoms with Crippen LogP contribution in [0.2, 0.25) is 0 Å². The van der Waals surface area contributed by atoms with Gasteiger partial charge in [0, 0.05) is 25.8 Å². The van der Waals surface area contributed by atoms with Gasteiger partial charge in [-0.3, -0.25) is 9.69 Å². The first-order chi connectivity index (χ1) is 17.5. The number of nitriles is 1. The van der Waals surface area contributed by atoms with E-state index in [-0.39, 0.29) is 17.3 Å². The van der Waals surface area contributed by atoms with Gasteiger partial charge in [-0.15, -0.1) is 0 Å². The van der Waals surface area contributed by atoms with E-state index in [1.54, 1.807) is 31.0 Å². The number of aromatic nitrogens is 1. The summed E-state index contributed by atoms with van der Waals surface area (Å²) >= 11 is 5.55. The average molecular weight is 531 g/mol. The second-order valence-corrected chi connectivity index (χ2v) is 10.0. The highest BCUT2D eigenvalue weighted by Crippen LogP contribution is 2.38. The standard InChI is InChI=1S/C25H25F3N6O2S/c1-24(2)22(35)34(19-5-4-18(12-29)20(11-19)25(26,27)28)23(37)33(24)15-17-3-6-21(30-13-17)32-9-7-16(8-10-32)14-31-36/h3-6,11,13,16H,7-10,14-15H2,1-2H3. The highest BCUT2D eigenvalue weighted by Gasteiger charge is 2.50. The third-order valence-electron chi connectivity index (χ3n) is 6.93. The molecule has 3 heterocycles. The molecule has 2 aromatic rings. The molecule has 0 radical (unpaired) electrons. The molecule has 12 heteroatoms. The number of carbonyl (C=O) groups excluding carboxylic acids is 1. The molecule has 0 bridgehead atoms. The molecule has 8 nitrogen and oxygen atoms in total. The van der Waals surface area contributed by atoms with E-state index in [1.807, 2.05) is 12.1 Å². The lowest BCUT2D eigenvalue weighted by Gasteiger charge is -2.32. The van der Waals surface area contributed by atoms with Gasteiger partial charge in [-0.2, -0.15) is 23.3 Å². The average Bonchev–Trinajstić information content (AvgIpc) is 3.03. The Labute approximate surface area is 217 Å². The molecule has 0 spiro atoms. The third-order valence-corrected chi connectivity index (χ3v) is 7.33. The fourth-order valence-electron chi connectivity index (χ4n) is 4.66. The quantitative estimate of drug-likeness (QED) is 0.389. The van der Waals surface area contributed by atoms with Crippen molar-refractivity contribution in [1.82, 2.24) is 9.88 Å². The monoisotopic (exact) mass is 530 g/mol. The molecule has 0 atom stereocenters. The number of hydrogen-bond donors (Lipinski definition) is 0. The molecule has 2 aliphatic rings. The summed E-state index contributed by atoms with van der Waals surface area (Å²) in [6.45, 7) is 5.46. The van der Waals surface area contributed by atoms with Crippen LogP contribution in [0.25, 0.3) is 0 Å². The summed E-state index contributed by atoms with van der Waals surface area (Å²) < 4.78 is 40.5. The van der Waals surface area contributed by atoms with Crippen LogP contribution >= 0.6 is 12.2 Å². The number of anilines is 2. The van der Waals surface area contributed by atoms with Crippen molar-refractivity contribution in [2.24, 2.45) is 11.1 Å². The van der Waals surface area contributed by atoms with Gasteiger partial charge in [0.2, 0.25) is 0 Å². The van der Waals surface area contributed by atoms with Gasteiger partial charge >= 0.3 is 6.18 Å². The number of hydrogen-bond acceptors (Lipinski definition) is 7. The molecule has 37 heavy (non-hydrogen) atoms. The molecular weight excluding hydrogens is 505 g/mol. The molecule has 0 N–H and O–H groups in total. The van der Waals surface area contributed by atoms with E-state index >= 15 is 0 Å². The number of nitroso groups, excluding NO2 is 1. The number of halogens is 3. The van der Waals surface area contributed by atoms with Gasteiger partial charge in [0.25, 0.3) is 5.91 Å². The predicted molar refractivity (Wildman–Crippen MR) is 136 cm³/mol. The maximum absolute atomic E-state index is 13.5. The van der Waals surface area contributed by atoms with Crippen molar-refractivity contribution in [1.29, 1.82) is 5.26 Å². The van der Waals surface area contributed by atoms with E-state index in [9.17, 15) is 22.9 Å². The number of benzene rings is 1. The maximum Gasteiger partial charge on any atom is 0.417 e. The summed E-state index contributed by atoms with van der Waals surface area (Å²) in [6, 6.07) is 8.44. The van der Waals surface area contributed by atoms with E-state index in [4.69, 9.17) is 17.5 Å². The highest BCUT2D eigenvalue weighted by molar-refractivity contribution is 7.80. The van der Waals surface area contributed by atoms with E-state index in [0.717, 1.165) is 54.3 Å². The second kappa shape index (κ2) is 10.0. The van der Waals surface area contributed by atoms with Gasteiger partial charge in [-0.1, -0.05) is 11.2 Å². The van der Waals surface area contributed by atoms with Crippen molar-refractivity contribution in [2.45, 2.75) is 44.9 Å². The zero-order valence-corrected chi connectivity index (χ0v) is 21.1. The van der Waals surface area contributed by atoms with Crippen LogP contribution < -0.4 is 9.80 Å². The smallest absolute Gasteiger partial charge is 0.357 e. The van der Waals surface area contributed by atoms with Crippen molar-refractivity contribution in [2.75, 3.05) is 29.4 Å². The van der Waals surface area contributed by atoms with Gasteiger partial charge in [0.15, 0.2) is 5.11 Å². The lowest BCUT2D eigenvalue weighted by molar-refractivity contribution is -0.137. The normalized spacial score (nSPS) is 18.3. The number of pyridine rings is 1. The molecular formula is C25H25F3N6O2S. The number of nitrogens with zero attached hydrogens (tertiary/aromatic N) is 6.